The Bertz CT molecular complexity index is 667. The van der Waals surface area contributed by atoms with Crippen LogP contribution in [-0.2, 0) is 6.42 Å². The molecule has 0 nitrogen and oxygen atoms in total. The summed E-state index contributed by atoms with van der Waals surface area (Å²) < 4.78 is 0. The average molecular weight is 393 g/mol. The number of aryl methyl sites for hydroxylation is 1. The Hall–Kier alpha value is -1.56. The summed E-state index contributed by atoms with van der Waals surface area (Å²) in [6.45, 7) is 2.28. The maximum atomic E-state index is 2.42. The molecule has 2 rings (SSSR count). The van der Waals surface area contributed by atoms with Gasteiger partial charge in [0.05, 0.1) is 0 Å². The number of benzene rings is 2. The van der Waals surface area contributed by atoms with Crippen molar-refractivity contribution in [2.24, 2.45) is 0 Å². The van der Waals surface area contributed by atoms with Crippen LogP contribution in [0.4, 0.5) is 0 Å². The first-order valence-electron chi connectivity index (χ1n) is 12.5. The molecule has 0 amide bonds. The predicted molar refractivity (Wildman–Crippen MR) is 132 cm³/mol. The normalized spacial score (nSPS) is 11.6. The van der Waals surface area contributed by atoms with Gasteiger partial charge in [-0.2, -0.15) is 0 Å². The van der Waals surface area contributed by atoms with Crippen molar-refractivity contribution in [3.8, 4) is 0 Å². The van der Waals surface area contributed by atoms with Crippen molar-refractivity contribution < 1.29 is 0 Å². The molecule has 0 fully saturated rings. The molecule has 0 heteroatoms. The summed E-state index contributed by atoms with van der Waals surface area (Å²) in [4.78, 5) is 0. The van der Waals surface area contributed by atoms with Gasteiger partial charge in [-0.1, -0.05) is 126 Å². The highest BCUT2D eigenvalue weighted by atomic mass is 14.0. The lowest BCUT2D eigenvalue weighted by Gasteiger charge is -2.05. The maximum absolute atomic E-state index is 2.42. The summed E-state index contributed by atoms with van der Waals surface area (Å²) in [5, 5.41) is 2.74. The highest BCUT2D eigenvalue weighted by Gasteiger charge is 1.97. The monoisotopic (exact) mass is 392 g/mol. The molecule has 29 heavy (non-hydrogen) atoms. The Morgan fingerprint density at radius 1 is 0.552 bits per heavy atom. The third-order valence-electron chi connectivity index (χ3n) is 6.04. The highest BCUT2D eigenvalue weighted by Crippen LogP contribution is 2.18. The number of unbranched alkanes of at least 4 members (excludes halogenated alkanes) is 13. The van der Waals surface area contributed by atoms with E-state index in [0.29, 0.717) is 0 Å². The zero-order chi connectivity index (χ0) is 20.4. The summed E-state index contributed by atoms with van der Waals surface area (Å²) >= 11 is 0. The van der Waals surface area contributed by atoms with Gasteiger partial charge < -0.3 is 0 Å². The zero-order valence-electron chi connectivity index (χ0n) is 19.0. The molecule has 0 N–H and O–H groups in total. The average Bonchev–Trinajstić information content (AvgIpc) is 2.76. The van der Waals surface area contributed by atoms with Gasteiger partial charge in [-0.05, 0) is 54.9 Å². The second kappa shape index (κ2) is 16.3. The molecule has 0 atom stereocenters. The fraction of sp³-hybridized carbons (Fsp3) is 0.586. The van der Waals surface area contributed by atoms with Crippen LogP contribution in [0.3, 0.4) is 0 Å². The number of fused-ring (bicyclic) bond motifs is 1. The quantitative estimate of drug-likeness (QED) is 0.185. The number of hydrogen-bond acceptors (Lipinski definition) is 0. The van der Waals surface area contributed by atoms with Crippen molar-refractivity contribution in [3.63, 3.8) is 0 Å². The lowest BCUT2D eigenvalue weighted by Crippen LogP contribution is -1.87. The van der Waals surface area contributed by atoms with E-state index in [4.69, 9.17) is 0 Å². The minimum Gasteiger partial charge on any atom is -0.0885 e. The molecule has 0 aliphatic rings. The fourth-order valence-electron chi connectivity index (χ4n) is 4.15. The highest BCUT2D eigenvalue weighted by molar-refractivity contribution is 5.82. The Morgan fingerprint density at radius 2 is 1.10 bits per heavy atom. The van der Waals surface area contributed by atoms with Crippen LogP contribution in [0.5, 0.6) is 0 Å². The molecule has 160 valence electrons. The van der Waals surface area contributed by atoms with Crippen molar-refractivity contribution in [2.75, 3.05) is 0 Å². The summed E-state index contributed by atoms with van der Waals surface area (Å²) in [6, 6.07) is 15.6. The Balaban J connectivity index is 1.36. The van der Waals surface area contributed by atoms with Gasteiger partial charge in [-0.25, -0.2) is 0 Å². The molecule has 0 aliphatic heterocycles. The van der Waals surface area contributed by atoms with Crippen LogP contribution in [0.25, 0.3) is 10.8 Å². The summed E-state index contributed by atoms with van der Waals surface area (Å²) in [5.74, 6) is 0. The van der Waals surface area contributed by atoms with E-state index in [1.54, 1.807) is 0 Å². The van der Waals surface area contributed by atoms with E-state index >= 15 is 0 Å². The predicted octanol–water partition coefficient (Wildman–Crippen LogP) is 9.81. The van der Waals surface area contributed by atoms with E-state index in [1.807, 2.05) is 0 Å². The molecule has 2 aromatic carbocycles. The molecule has 0 heterocycles. The minimum absolute atomic E-state index is 1.23. The van der Waals surface area contributed by atoms with Crippen molar-refractivity contribution in [1.29, 1.82) is 0 Å². The molecule has 0 saturated carbocycles. The van der Waals surface area contributed by atoms with E-state index in [1.165, 1.54) is 119 Å². The van der Waals surface area contributed by atoms with Gasteiger partial charge in [0.25, 0.3) is 0 Å². The van der Waals surface area contributed by atoms with Crippen LogP contribution >= 0.6 is 0 Å². The van der Waals surface area contributed by atoms with Crippen LogP contribution in [0.1, 0.15) is 109 Å². The van der Waals surface area contributed by atoms with Crippen molar-refractivity contribution in [1.82, 2.24) is 0 Å². The molecule has 0 bridgehead atoms. The van der Waals surface area contributed by atoms with Gasteiger partial charge >= 0.3 is 0 Å². The second-order valence-corrected chi connectivity index (χ2v) is 8.72. The van der Waals surface area contributed by atoms with Gasteiger partial charge in [-0.3, -0.25) is 0 Å². The van der Waals surface area contributed by atoms with Crippen LogP contribution < -0.4 is 0 Å². The molecule has 0 saturated heterocycles. The Kier molecular flexibility index (Phi) is 13.3. The smallest absolute Gasteiger partial charge is 0.0181 e. The first-order chi connectivity index (χ1) is 14.4. The lowest BCUT2D eigenvalue weighted by molar-refractivity contribution is 0.569. The van der Waals surface area contributed by atoms with E-state index in [9.17, 15) is 0 Å². The number of rotatable bonds is 17. The SMILES string of the molecule is CCCCCCC/C=C/CCCCCCCCCCc1ccc2ccccc2c1. The number of allylic oxidation sites excluding steroid dienone is 2. The van der Waals surface area contributed by atoms with Crippen molar-refractivity contribution >= 4 is 10.8 Å². The van der Waals surface area contributed by atoms with Crippen molar-refractivity contribution in [3.05, 3.63) is 60.2 Å². The van der Waals surface area contributed by atoms with Crippen LogP contribution in [0, 0.1) is 0 Å². The molecule has 0 spiro atoms. The van der Waals surface area contributed by atoms with E-state index in [-0.39, 0.29) is 0 Å². The first kappa shape index (κ1) is 23.7. The minimum atomic E-state index is 1.23. The first-order valence-corrected chi connectivity index (χ1v) is 12.5. The van der Waals surface area contributed by atoms with Gasteiger partial charge in [0, 0.05) is 0 Å². The maximum Gasteiger partial charge on any atom is -0.0181 e. The molecular weight excluding hydrogens is 348 g/mol. The summed E-state index contributed by atoms with van der Waals surface area (Å²) in [7, 11) is 0. The third-order valence-corrected chi connectivity index (χ3v) is 6.04. The van der Waals surface area contributed by atoms with Gasteiger partial charge in [0.15, 0.2) is 0 Å². The molecule has 0 unspecified atom stereocenters. The van der Waals surface area contributed by atoms with E-state index in [2.05, 4.69) is 61.5 Å². The van der Waals surface area contributed by atoms with Crippen LogP contribution in [-0.4, -0.2) is 0 Å². The standard InChI is InChI=1S/C29H44/c1-2-3-4-5-6-7-8-9-10-11-12-13-14-15-16-17-18-21-27-24-25-28-22-19-20-23-29(28)26-27/h8-9,19-20,22-26H,2-7,10-18,21H2,1H3/b9-8+. The molecule has 0 aliphatic carbocycles. The van der Waals surface area contributed by atoms with Crippen molar-refractivity contribution in [2.45, 2.75) is 110 Å². The summed E-state index contributed by atoms with van der Waals surface area (Å²) in [6.07, 6.45) is 26.8. The van der Waals surface area contributed by atoms with Gasteiger partial charge in [0.2, 0.25) is 0 Å². The molecule has 0 radical (unpaired) electrons. The molecular formula is C29H44. The molecule has 0 aromatic heterocycles. The molecule has 2 aromatic rings. The zero-order valence-corrected chi connectivity index (χ0v) is 19.0. The van der Waals surface area contributed by atoms with Gasteiger partial charge in [0.1, 0.15) is 0 Å². The van der Waals surface area contributed by atoms with E-state index < -0.39 is 0 Å². The topological polar surface area (TPSA) is 0 Å². The lowest BCUT2D eigenvalue weighted by atomic mass is 10.0. The fourth-order valence-corrected chi connectivity index (χ4v) is 4.15. The number of hydrogen-bond donors (Lipinski definition) is 0. The Morgan fingerprint density at radius 3 is 1.76 bits per heavy atom. The van der Waals surface area contributed by atoms with Crippen LogP contribution in [0.15, 0.2) is 54.6 Å². The van der Waals surface area contributed by atoms with Gasteiger partial charge in [-0.15, -0.1) is 0 Å². The van der Waals surface area contributed by atoms with E-state index in [0.717, 1.165) is 0 Å². The largest absolute Gasteiger partial charge is 0.0885 e. The summed E-state index contributed by atoms with van der Waals surface area (Å²) in [5.41, 5.74) is 1.50. The van der Waals surface area contributed by atoms with Crippen LogP contribution in [0.2, 0.25) is 0 Å². The third kappa shape index (κ3) is 11.3. The second-order valence-electron chi connectivity index (χ2n) is 8.72. The Labute approximate surface area is 180 Å².